The fourth-order valence-electron chi connectivity index (χ4n) is 0.739. The molecular formula is C4H9BIPS. The minimum atomic E-state index is 0.334. The third-order valence-corrected chi connectivity index (χ3v) is 10.8. The molecule has 4 heteroatoms. The van der Waals surface area contributed by atoms with E-state index in [1.165, 1.54) is 19.1 Å². The van der Waals surface area contributed by atoms with Crippen molar-refractivity contribution >= 4 is 44.5 Å². The van der Waals surface area contributed by atoms with Crippen molar-refractivity contribution in [2.75, 3.05) is 6.26 Å². The van der Waals surface area contributed by atoms with Gasteiger partial charge in [0.25, 0.3) is 0 Å². The summed E-state index contributed by atoms with van der Waals surface area (Å²) < 4.78 is 0.334. The molecule has 0 aromatic carbocycles. The molecule has 8 heavy (non-hydrogen) atoms. The molecule has 0 nitrogen and oxygen atoms in total. The zero-order chi connectivity index (χ0) is 5.98. The molecule has 1 aliphatic rings. The van der Waals surface area contributed by atoms with Crippen LogP contribution in [0.4, 0.5) is 0 Å². The summed E-state index contributed by atoms with van der Waals surface area (Å²) in [4.78, 5) is 0. The molecule has 1 unspecified atom stereocenters. The van der Waals surface area contributed by atoms with Crippen LogP contribution in [0, 0.1) is 0 Å². The average molecular weight is 258 g/mol. The van der Waals surface area contributed by atoms with Crippen molar-refractivity contribution in [3.8, 4) is 0 Å². The number of hydrogen-bond donors (Lipinski definition) is 0. The van der Waals surface area contributed by atoms with E-state index >= 15 is 0 Å². The summed E-state index contributed by atoms with van der Waals surface area (Å²) in [6, 6.07) is 0. The molecule has 1 rings (SSSR count). The first kappa shape index (κ1) is 7.68. The van der Waals surface area contributed by atoms with Crippen LogP contribution in [0.5, 0.6) is 0 Å². The van der Waals surface area contributed by atoms with Crippen LogP contribution in [0.1, 0.15) is 6.42 Å². The zero-order valence-electron chi connectivity index (χ0n) is 4.93. The molecule has 0 amide bonds. The summed E-state index contributed by atoms with van der Waals surface area (Å²) in [6.45, 7) is 0. The summed E-state index contributed by atoms with van der Waals surface area (Å²) in [5.74, 6) is 0. The third-order valence-electron chi connectivity index (χ3n) is 1.54. The second-order valence-corrected chi connectivity index (χ2v) is 11.0. The Balaban J connectivity index is 2.13. The first-order chi connectivity index (χ1) is 3.84. The lowest BCUT2D eigenvalue weighted by Crippen LogP contribution is -2.16. The highest BCUT2D eigenvalue weighted by Crippen LogP contribution is 2.63. The highest BCUT2D eigenvalue weighted by Gasteiger charge is 2.28. The van der Waals surface area contributed by atoms with E-state index in [9.17, 15) is 0 Å². The lowest BCUT2D eigenvalue weighted by Gasteiger charge is -2.24. The van der Waals surface area contributed by atoms with Crippen molar-refractivity contribution < 1.29 is 0 Å². The molecule has 0 radical (unpaired) electrons. The second-order valence-electron chi connectivity index (χ2n) is 2.04. The molecule has 0 saturated carbocycles. The monoisotopic (exact) mass is 258 g/mol. The lowest BCUT2D eigenvalue weighted by atomic mass is 9.55. The van der Waals surface area contributed by atoms with E-state index in [2.05, 4.69) is 39.7 Å². The smallest absolute Gasteiger partial charge is 0.136 e. The Labute approximate surface area is 69.6 Å². The molecular weight excluding hydrogens is 249 g/mol. The number of hydrogen-bond acceptors (Lipinski definition) is 1. The van der Waals surface area contributed by atoms with E-state index in [1.807, 2.05) is 0 Å². The minimum absolute atomic E-state index is 0.334. The van der Waals surface area contributed by atoms with Crippen molar-refractivity contribution in [3.05, 3.63) is 0 Å². The summed E-state index contributed by atoms with van der Waals surface area (Å²) in [5, 5.41) is 0. The maximum Gasteiger partial charge on any atom is 0.196 e. The molecule has 46 valence electrons. The standard InChI is InChI=1S/C4H9BIPS/c1-8-7(6)5-3-2-4-5/h2-4H2,1H3. The molecule has 0 N–H and O–H groups in total. The Bertz CT molecular complexity index is 75.7. The van der Waals surface area contributed by atoms with Gasteiger partial charge in [-0.25, -0.2) is 0 Å². The van der Waals surface area contributed by atoms with E-state index < -0.39 is 0 Å². The molecule has 0 spiro atoms. The Kier molecular flexibility index (Phi) is 3.53. The highest BCUT2D eigenvalue weighted by molar-refractivity contribution is 14.2. The van der Waals surface area contributed by atoms with Crippen LogP contribution >= 0.6 is 38.1 Å². The largest absolute Gasteiger partial charge is 0.196 e. The van der Waals surface area contributed by atoms with Gasteiger partial charge in [-0.2, -0.15) is 0 Å². The van der Waals surface area contributed by atoms with Gasteiger partial charge in [0.2, 0.25) is 0 Å². The Hall–Kier alpha value is 1.57. The summed E-state index contributed by atoms with van der Waals surface area (Å²) >= 11 is 4.67. The number of halogens is 1. The van der Waals surface area contributed by atoms with Gasteiger partial charge in [0, 0.05) is 0 Å². The maximum absolute atomic E-state index is 2.61. The van der Waals surface area contributed by atoms with Crippen molar-refractivity contribution in [2.24, 2.45) is 0 Å². The SMILES string of the molecule is CSP(I)B1CCC1. The normalized spacial score (nSPS) is 22.5. The molecule has 1 fully saturated rings. The molecule has 0 aromatic heterocycles. The van der Waals surface area contributed by atoms with Crippen LogP contribution in [0.2, 0.25) is 12.6 Å². The molecule has 1 heterocycles. The van der Waals surface area contributed by atoms with Gasteiger partial charge >= 0.3 is 0 Å². The molecule has 1 atom stereocenters. The van der Waals surface area contributed by atoms with Gasteiger partial charge in [0.05, 0.1) is 0 Å². The molecule has 0 bridgehead atoms. The van der Waals surface area contributed by atoms with Crippen molar-refractivity contribution in [1.29, 1.82) is 0 Å². The van der Waals surface area contributed by atoms with Crippen LogP contribution in [0.25, 0.3) is 0 Å². The van der Waals surface area contributed by atoms with Crippen LogP contribution in [0.15, 0.2) is 0 Å². The summed E-state index contributed by atoms with van der Waals surface area (Å²) in [6.07, 6.45) is 7.86. The zero-order valence-corrected chi connectivity index (χ0v) is 8.80. The third kappa shape index (κ3) is 1.78. The van der Waals surface area contributed by atoms with Gasteiger partial charge in [-0.1, -0.05) is 41.1 Å². The predicted molar refractivity (Wildman–Crippen MR) is 54.4 cm³/mol. The quantitative estimate of drug-likeness (QED) is 0.415. The minimum Gasteiger partial charge on any atom is -0.136 e. The lowest BCUT2D eigenvalue weighted by molar-refractivity contribution is 0.963. The molecule has 0 aliphatic carbocycles. The van der Waals surface area contributed by atoms with E-state index in [0.29, 0.717) is 4.64 Å². The van der Waals surface area contributed by atoms with Crippen LogP contribution in [-0.2, 0) is 0 Å². The van der Waals surface area contributed by atoms with E-state index in [0.717, 1.165) is 6.43 Å². The fourth-order valence-corrected chi connectivity index (χ4v) is 5.01. The summed E-state index contributed by atoms with van der Waals surface area (Å²) in [7, 11) is 0. The van der Waals surface area contributed by atoms with Gasteiger partial charge in [-0.05, 0) is 10.9 Å². The Morgan fingerprint density at radius 1 is 1.62 bits per heavy atom. The van der Waals surface area contributed by atoms with Crippen LogP contribution in [0.3, 0.4) is 0 Å². The first-order valence-corrected chi connectivity index (χ1v) is 8.86. The number of rotatable bonds is 2. The molecule has 1 aliphatic heterocycles. The average Bonchev–Trinajstić information content (AvgIpc) is 1.62. The van der Waals surface area contributed by atoms with Gasteiger partial charge < -0.3 is 0 Å². The predicted octanol–water partition coefficient (Wildman–Crippen LogP) is 3.49. The Morgan fingerprint density at radius 2 is 2.25 bits per heavy atom. The van der Waals surface area contributed by atoms with E-state index in [1.54, 1.807) is 0 Å². The van der Waals surface area contributed by atoms with Crippen molar-refractivity contribution in [2.45, 2.75) is 19.1 Å². The first-order valence-electron chi connectivity index (χ1n) is 2.83. The van der Waals surface area contributed by atoms with Gasteiger partial charge in [-0.15, -0.1) is 11.4 Å². The van der Waals surface area contributed by atoms with Crippen LogP contribution in [-0.4, -0.2) is 12.7 Å². The van der Waals surface area contributed by atoms with Gasteiger partial charge in [-0.3, -0.25) is 0 Å². The van der Waals surface area contributed by atoms with Crippen molar-refractivity contribution in [3.63, 3.8) is 0 Å². The van der Waals surface area contributed by atoms with Gasteiger partial charge in [0.1, 0.15) is 0 Å². The highest BCUT2D eigenvalue weighted by atomic mass is 127. The Morgan fingerprint density at radius 3 is 2.38 bits per heavy atom. The van der Waals surface area contributed by atoms with Gasteiger partial charge in [0.15, 0.2) is 6.43 Å². The molecule has 0 aromatic rings. The van der Waals surface area contributed by atoms with E-state index in [4.69, 9.17) is 0 Å². The van der Waals surface area contributed by atoms with Crippen molar-refractivity contribution in [1.82, 2.24) is 0 Å². The topological polar surface area (TPSA) is 0 Å². The van der Waals surface area contributed by atoms with Crippen LogP contribution < -0.4 is 0 Å². The maximum atomic E-state index is 2.61. The molecule has 1 saturated heterocycles. The fraction of sp³-hybridized carbons (Fsp3) is 1.00. The van der Waals surface area contributed by atoms with E-state index in [-0.39, 0.29) is 0 Å². The second kappa shape index (κ2) is 3.67. The summed E-state index contributed by atoms with van der Waals surface area (Å²) in [5.41, 5.74) is 0.